The Bertz CT molecular complexity index is 1600. The second-order valence-corrected chi connectivity index (χ2v) is 14.5. The molecular weight excluding hydrogens is 585 g/mol. The Balaban J connectivity index is 1.14. The van der Waals surface area contributed by atoms with Gasteiger partial charge in [0.25, 0.3) is 5.91 Å². The highest BCUT2D eigenvalue weighted by Gasteiger charge is 2.40. The molecule has 0 radical (unpaired) electrons. The van der Waals surface area contributed by atoms with Gasteiger partial charge in [-0.2, -0.15) is 13.2 Å². The van der Waals surface area contributed by atoms with E-state index in [1.807, 2.05) is 12.1 Å². The second-order valence-electron chi connectivity index (χ2n) is 11.9. The minimum Gasteiger partial charge on any atom is -0.368 e. The van der Waals surface area contributed by atoms with Gasteiger partial charge in [0.05, 0.1) is 26.3 Å². The van der Waals surface area contributed by atoms with Crippen molar-refractivity contribution in [1.82, 2.24) is 20.2 Å². The van der Waals surface area contributed by atoms with Gasteiger partial charge < -0.3 is 20.4 Å². The lowest BCUT2D eigenvalue weighted by Gasteiger charge is -2.49. The number of anilines is 3. The highest BCUT2D eigenvalue weighted by atomic mass is 32.2. The molecule has 3 unspecified atom stereocenters. The molecule has 8 nitrogen and oxygen atoms in total. The van der Waals surface area contributed by atoms with Crippen molar-refractivity contribution < 1.29 is 22.2 Å². The van der Waals surface area contributed by atoms with E-state index < -0.39 is 22.5 Å². The van der Waals surface area contributed by atoms with E-state index in [2.05, 4.69) is 31.6 Å². The summed E-state index contributed by atoms with van der Waals surface area (Å²) < 4.78 is 55.5. The van der Waals surface area contributed by atoms with Gasteiger partial charge in [-0.3, -0.25) is 9.00 Å². The largest absolute Gasteiger partial charge is 0.420 e. The molecule has 9 rings (SSSR count). The Morgan fingerprint density at radius 3 is 2.55 bits per heavy atom. The third-order valence-corrected chi connectivity index (χ3v) is 11.4. The molecule has 2 aromatic heterocycles. The van der Waals surface area contributed by atoms with Crippen LogP contribution in [0.1, 0.15) is 58.8 Å². The number of alkyl halides is 3. The predicted molar refractivity (Wildman–Crippen MR) is 155 cm³/mol. The lowest BCUT2D eigenvalue weighted by Crippen LogP contribution is -2.67. The van der Waals surface area contributed by atoms with Crippen LogP contribution in [0, 0.1) is 0 Å². The summed E-state index contributed by atoms with van der Waals surface area (Å²) >= 11 is 0.934. The maximum absolute atomic E-state index is 14.2. The van der Waals surface area contributed by atoms with E-state index in [0.29, 0.717) is 29.4 Å². The molecule has 1 amide bonds. The van der Waals surface area contributed by atoms with Gasteiger partial charge >= 0.3 is 6.18 Å². The van der Waals surface area contributed by atoms with Crippen molar-refractivity contribution in [2.45, 2.75) is 67.2 Å². The Hall–Kier alpha value is -3.03. The van der Waals surface area contributed by atoms with E-state index in [1.54, 1.807) is 4.90 Å². The van der Waals surface area contributed by atoms with E-state index >= 15 is 0 Å². The first kappa shape index (κ1) is 26.6. The summed E-state index contributed by atoms with van der Waals surface area (Å²) in [4.78, 5) is 26.5. The molecule has 4 aliphatic heterocycles. The van der Waals surface area contributed by atoms with Crippen LogP contribution in [0.2, 0.25) is 0 Å². The molecule has 220 valence electrons. The molecule has 6 aliphatic rings. The van der Waals surface area contributed by atoms with Crippen molar-refractivity contribution in [3.05, 3.63) is 46.5 Å². The summed E-state index contributed by atoms with van der Waals surface area (Å²) in [5, 5.41) is 6.75. The third kappa shape index (κ3) is 4.79. The molecule has 1 aromatic carbocycles. The molecule has 42 heavy (non-hydrogen) atoms. The number of carbonyl (C=O) groups excluding carboxylic acids is 1. The summed E-state index contributed by atoms with van der Waals surface area (Å²) in [7, 11) is -1.49. The van der Waals surface area contributed by atoms with Crippen molar-refractivity contribution in [3.8, 4) is 10.6 Å². The SMILES string of the molecule is O=C1c2sc(-c3nc(Nc4ccc(N5CC6CC(C5)N6)cc4C4CC4)ncc3C(F)(F)F)cc2S(=O)CCN1C1CC1. The van der Waals surface area contributed by atoms with Crippen LogP contribution in [-0.2, 0) is 17.0 Å². The topological polar surface area (TPSA) is 90.5 Å². The molecule has 2 N–H and O–H groups in total. The minimum atomic E-state index is -4.71. The molecule has 3 saturated heterocycles. The van der Waals surface area contributed by atoms with Crippen LogP contribution >= 0.6 is 11.3 Å². The van der Waals surface area contributed by atoms with Gasteiger partial charge in [-0.15, -0.1) is 11.3 Å². The number of rotatable bonds is 6. The summed E-state index contributed by atoms with van der Waals surface area (Å²) in [5.41, 5.74) is 1.76. The molecule has 2 aliphatic carbocycles. The van der Waals surface area contributed by atoms with Gasteiger partial charge in [0.2, 0.25) is 5.95 Å². The van der Waals surface area contributed by atoms with Crippen LogP contribution in [0.4, 0.5) is 30.5 Å². The van der Waals surface area contributed by atoms with Gasteiger partial charge in [-0.05, 0) is 67.9 Å². The number of amides is 1. The second kappa shape index (κ2) is 9.75. The van der Waals surface area contributed by atoms with Gasteiger partial charge in [0.15, 0.2) is 0 Å². The van der Waals surface area contributed by atoms with Crippen LogP contribution in [0.5, 0.6) is 0 Å². The Labute approximate surface area is 247 Å². The molecular formula is C29H29F3N6O2S2. The number of aromatic nitrogens is 2. The number of hydrogen-bond acceptors (Lipinski definition) is 8. The normalized spacial score (nSPS) is 25.6. The van der Waals surface area contributed by atoms with E-state index in [1.165, 1.54) is 12.5 Å². The zero-order valence-electron chi connectivity index (χ0n) is 22.6. The maximum Gasteiger partial charge on any atom is 0.420 e. The average molecular weight is 615 g/mol. The number of nitrogens with zero attached hydrogens (tertiary/aromatic N) is 4. The van der Waals surface area contributed by atoms with Crippen LogP contribution in [0.25, 0.3) is 10.6 Å². The first-order valence-corrected chi connectivity index (χ1v) is 16.5. The number of piperidine rings is 1. The average Bonchev–Trinajstić information content (AvgIpc) is 3.90. The summed E-state index contributed by atoms with van der Waals surface area (Å²) in [5.74, 6) is 0.448. The number of piperazine rings is 1. The zero-order chi connectivity index (χ0) is 28.7. The van der Waals surface area contributed by atoms with Crippen LogP contribution in [0.15, 0.2) is 35.4 Å². The summed E-state index contributed by atoms with van der Waals surface area (Å²) in [6, 6.07) is 8.85. The van der Waals surface area contributed by atoms with Crippen molar-refractivity contribution in [1.29, 1.82) is 0 Å². The predicted octanol–water partition coefficient (Wildman–Crippen LogP) is 5.12. The molecule has 5 fully saturated rings. The number of nitrogens with one attached hydrogen (secondary N) is 2. The van der Waals surface area contributed by atoms with E-state index in [4.69, 9.17) is 0 Å². The molecule has 3 atom stereocenters. The molecule has 0 spiro atoms. The lowest BCUT2D eigenvalue weighted by molar-refractivity contribution is -0.137. The van der Waals surface area contributed by atoms with Crippen molar-refractivity contribution in [2.75, 3.05) is 35.6 Å². The van der Waals surface area contributed by atoms with Crippen molar-refractivity contribution in [2.24, 2.45) is 0 Å². The number of hydrogen-bond donors (Lipinski definition) is 2. The Kier molecular flexibility index (Phi) is 6.17. The van der Waals surface area contributed by atoms with Crippen LogP contribution < -0.4 is 15.5 Å². The van der Waals surface area contributed by atoms with E-state index in [-0.39, 0.29) is 39.1 Å². The fraction of sp³-hybridized carbons (Fsp3) is 0.483. The first-order valence-electron chi connectivity index (χ1n) is 14.4. The van der Waals surface area contributed by atoms with Crippen LogP contribution in [-0.4, -0.2) is 68.5 Å². The van der Waals surface area contributed by atoms with Gasteiger partial charge in [0, 0.05) is 61.1 Å². The standard InChI is InChI=1S/C29H29F3N6O2S2/c30-29(31,32)21-12-33-28(35-22-6-5-19(10-20(22)15-1-2-15)37-13-16-9-17(14-37)34-16)36-25(21)23-11-24-26(41-23)27(39)38(18-3-4-18)7-8-42(24)40/h5-6,10-12,15-18,34H,1-4,7-9,13-14H2,(H,33,35,36). The monoisotopic (exact) mass is 614 g/mol. The Morgan fingerprint density at radius 1 is 1.10 bits per heavy atom. The number of fused-ring (bicyclic) bond motifs is 3. The number of thiophene rings is 1. The number of halogens is 3. The molecule has 2 bridgehead atoms. The quantitative estimate of drug-likeness (QED) is 0.399. The number of benzene rings is 1. The third-order valence-electron chi connectivity index (χ3n) is 8.82. The van der Waals surface area contributed by atoms with Gasteiger partial charge in [-0.1, -0.05) is 0 Å². The summed E-state index contributed by atoms with van der Waals surface area (Å²) in [6.45, 7) is 2.32. The molecule has 6 heterocycles. The van der Waals surface area contributed by atoms with E-state index in [0.717, 1.165) is 73.2 Å². The smallest absolute Gasteiger partial charge is 0.368 e. The van der Waals surface area contributed by atoms with Crippen LogP contribution in [0.3, 0.4) is 0 Å². The molecule has 2 saturated carbocycles. The Morgan fingerprint density at radius 2 is 1.86 bits per heavy atom. The van der Waals surface area contributed by atoms with Crippen molar-refractivity contribution in [3.63, 3.8) is 0 Å². The number of carbonyl (C=O) groups is 1. The van der Waals surface area contributed by atoms with Gasteiger partial charge in [0.1, 0.15) is 10.4 Å². The van der Waals surface area contributed by atoms with E-state index in [9.17, 15) is 22.2 Å². The van der Waals surface area contributed by atoms with Crippen molar-refractivity contribution >= 4 is 45.4 Å². The minimum absolute atomic E-state index is 0.0479. The fourth-order valence-corrected chi connectivity index (χ4v) is 8.96. The lowest BCUT2D eigenvalue weighted by atomic mass is 9.90. The highest BCUT2D eigenvalue weighted by molar-refractivity contribution is 7.85. The molecule has 13 heteroatoms. The highest BCUT2D eigenvalue weighted by Crippen LogP contribution is 2.46. The maximum atomic E-state index is 14.2. The fourth-order valence-electron chi connectivity index (χ4n) is 6.34. The summed E-state index contributed by atoms with van der Waals surface area (Å²) in [6.07, 6.45) is 1.22. The van der Waals surface area contributed by atoms with Gasteiger partial charge in [-0.25, -0.2) is 9.97 Å². The molecule has 3 aromatic rings. The first-order chi connectivity index (χ1) is 20.2. The zero-order valence-corrected chi connectivity index (χ0v) is 24.2.